The molecule has 2 heterocycles. The second-order valence-corrected chi connectivity index (χ2v) is 7.83. The lowest BCUT2D eigenvalue weighted by Crippen LogP contribution is -2.44. The van der Waals surface area contributed by atoms with E-state index in [1.807, 2.05) is 24.3 Å². The maximum atomic E-state index is 14.3. The molecule has 2 N–H and O–H groups in total. The van der Waals surface area contributed by atoms with Gasteiger partial charge < -0.3 is 15.2 Å². The Kier molecular flexibility index (Phi) is 4.74. The molecule has 160 valence electrons. The maximum Gasteiger partial charge on any atom is 0.254 e. The van der Waals surface area contributed by atoms with Crippen LogP contribution in [0.1, 0.15) is 33.4 Å². The monoisotopic (exact) mass is 431 g/mol. The van der Waals surface area contributed by atoms with Crippen LogP contribution in [-0.4, -0.2) is 28.7 Å². The van der Waals surface area contributed by atoms with Gasteiger partial charge in [0, 0.05) is 41.3 Å². The van der Waals surface area contributed by atoms with Crippen LogP contribution >= 0.6 is 0 Å². The van der Waals surface area contributed by atoms with Gasteiger partial charge in [0.15, 0.2) is 0 Å². The lowest BCUT2D eigenvalue weighted by atomic mass is 9.79. The summed E-state index contributed by atoms with van der Waals surface area (Å²) in [7, 11) is 1.66. The van der Waals surface area contributed by atoms with E-state index in [2.05, 4.69) is 10.3 Å². The highest BCUT2D eigenvalue weighted by atomic mass is 19.1. The summed E-state index contributed by atoms with van der Waals surface area (Å²) in [6, 6.07) is 16.9. The van der Waals surface area contributed by atoms with E-state index in [4.69, 9.17) is 0 Å². The van der Waals surface area contributed by atoms with Gasteiger partial charge in [-0.05, 0) is 29.8 Å². The van der Waals surface area contributed by atoms with Crippen LogP contribution < -0.4 is 5.32 Å². The molecule has 7 heteroatoms. The van der Waals surface area contributed by atoms with Crippen LogP contribution in [0.5, 0.6) is 0 Å². The van der Waals surface area contributed by atoms with E-state index in [1.165, 1.54) is 6.07 Å². The molecule has 0 radical (unpaired) electrons. The number of likely N-dealkylation sites (N-methyl/N-ethyl adjacent to an activating group) is 1. The van der Waals surface area contributed by atoms with E-state index in [1.54, 1.807) is 42.4 Å². The number of carbonyl (C=O) groups excluding carboxylic acids is 2. The number of nitrogens with zero attached hydrogens (tertiary/aromatic N) is 1. The minimum atomic E-state index is -0.865. The Hall–Kier alpha value is -4.00. The lowest BCUT2D eigenvalue weighted by molar-refractivity contribution is -0.119. The number of aromatic nitrogens is 1. The predicted octanol–water partition coefficient (Wildman–Crippen LogP) is 5.00. The third kappa shape index (κ3) is 3.13. The van der Waals surface area contributed by atoms with Crippen molar-refractivity contribution in [3.05, 3.63) is 101 Å². The second kappa shape index (κ2) is 7.60. The maximum absolute atomic E-state index is 14.3. The first-order valence-corrected chi connectivity index (χ1v) is 10.1. The highest BCUT2D eigenvalue weighted by Crippen LogP contribution is 2.44. The van der Waals surface area contributed by atoms with E-state index < -0.39 is 29.5 Å². The molecular formula is C25H19F2N3O2. The minimum Gasteiger partial charge on any atom is -0.361 e. The van der Waals surface area contributed by atoms with Crippen molar-refractivity contribution >= 4 is 28.4 Å². The summed E-state index contributed by atoms with van der Waals surface area (Å²) in [6.45, 7) is 0. The average Bonchev–Trinajstić information content (AvgIpc) is 3.21. The Morgan fingerprint density at radius 1 is 1.00 bits per heavy atom. The molecule has 0 bridgehead atoms. The fourth-order valence-electron chi connectivity index (χ4n) is 4.49. The molecule has 0 fully saturated rings. The number of halogens is 2. The number of rotatable bonds is 3. The molecule has 32 heavy (non-hydrogen) atoms. The van der Waals surface area contributed by atoms with Crippen molar-refractivity contribution in [3.8, 4) is 0 Å². The van der Waals surface area contributed by atoms with Gasteiger partial charge in [-0.1, -0.05) is 36.4 Å². The topological polar surface area (TPSA) is 65.2 Å². The Morgan fingerprint density at radius 2 is 1.75 bits per heavy atom. The molecule has 5 nitrogen and oxygen atoms in total. The number of H-pyrrole nitrogens is 1. The molecule has 5 rings (SSSR count). The van der Waals surface area contributed by atoms with Crippen molar-refractivity contribution in [2.45, 2.75) is 12.0 Å². The summed E-state index contributed by atoms with van der Waals surface area (Å²) in [5, 5.41) is 3.49. The molecule has 3 aromatic carbocycles. The number of amides is 2. The highest BCUT2D eigenvalue weighted by Gasteiger charge is 2.43. The van der Waals surface area contributed by atoms with Crippen LogP contribution in [0.25, 0.3) is 10.9 Å². The number of carbonyl (C=O) groups is 2. The van der Waals surface area contributed by atoms with E-state index in [-0.39, 0.29) is 11.6 Å². The zero-order valence-electron chi connectivity index (χ0n) is 17.1. The van der Waals surface area contributed by atoms with Gasteiger partial charge in [0.05, 0.1) is 17.6 Å². The highest BCUT2D eigenvalue weighted by molar-refractivity contribution is 6.05. The summed E-state index contributed by atoms with van der Waals surface area (Å²) in [5.41, 5.74) is 2.53. The number of fused-ring (bicyclic) bond motifs is 2. The van der Waals surface area contributed by atoms with E-state index in [0.717, 1.165) is 28.6 Å². The number of hydrogen-bond acceptors (Lipinski definition) is 2. The molecule has 0 spiro atoms. The zero-order chi connectivity index (χ0) is 22.4. The minimum absolute atomic E-state index is 0.119. The largest absolute Gasteiger partial charge is 0.361 e. The number of nitrogens with one attached hydrogen (secondary N) is 2. The molecule has 0 saturated carbocycles. The van der Waals surface area contributed by atoms with E-state index in [0.29, 0.717) is 11.1 Å². The van der Waals surface area contributed by atoms with Crippen LogP contribution in [0, 0.1) is 11.6 Å². The van der Waals surface area contributed by atoms with Crippen molar-refractivity contribution in [1.82, 2.24) is 9.88 Å². The first-order chi connectivity index (χ1) is 15.5. The van der Waals surface area contributed by atoms with Crippen LogP contribution in [0.2, 0.25) is 0 Å². The Balaban J connectivity index is 1.65. The van der Waals surface area contributed by atoms with Gasteiger partial charge in [-0.2, -0.15) is 0 Å². The lowest BCUT2D eigenvalue weighted by Gasteiger charge is -2.39. The fraction of sp³-hybridized carbons (Fsp3) is 0.120. The third-order valence-corrected chi connectivity index (χ3v) is 5.99. The van der Waals surface area contributed by atoms with Gasteiger partial charge in [0.25, 0.3) is 5.91 Å². The van der Waals surface area contributed by atoms with Crippen molar-refractivity contribution in [2.24, 2.45) is 0 Å². The quantitative estimate of drug-likeness (QED) is 0.480. The van der Waals surface area contributed by atoms with Gasteiger partial charge in [0.2, 0.25) is 5.91 Å². The zero-order valence-corrected chi connectivity index (χ0v) is 17.1. The summed E-state index contributed by atoms with van der Waals surface area (Å²) < 4.78 is 27.6. The number of para-hydroxylation sites is 1. The molecule has 2 amide bonds. The molecular weight excluding hydrogens is 412 g/mol. The number of anilines is 1. The van der Waals surface area contributed by atoms with Crippen LogP contribution in [-0.2, 0) is 4.79 Å². The first-order valence-electron chi connectivity index (χ1n) is 10.1. The predicted molar refractivity (Wildman–Crippen MR) is 117 cm³/mol. The molecule has 4 aromatic rings. The molecule has 1 aliphatic heterocycles. The van der Waals surface area contributed by atoms with Gasteiger partial charge in [-0.25, -0.2) is 8.78 Å². The van der Waals surface area contributed by atoms with Crippen LogP contribution in [0.3, 0.4) is 0 Å². The van der Waals surface area contributed by atoms with Gasteiger partial charge in [-0.15, -0.1) is 0 Å². The summed E-state index contributed by atoms with van der Waals surface area (Å²) >= 11 is 0. The van der Waals surface area contributed by atoms with E-state index in [9.17, 15) is 18.4 Å². The molecule has 1 aliphatic rings. The Bertz CT molecular complexity index is 1360. The van der Waals surface area contributed by atoms with Gasteiger partial charge in [0.1, 0.15) is 11.6 Å². The molecule has 0 aliphatic carbocycles. The number of benzene rings is 3. The van der Waals surface area contributed by atoms with Crippen molar-refractivity contribution < 1.29 is 18.4 Å². The standard InChI is InChI=1S/C25H19F2N3O2/c1-30-23(18-13-28-20-9-5-4-6-15(18)20)22(16-7-2-3-8-17(16)25(30)32)24(31)29-21-11-10-14(26)12-19(21)27/h2-13,22-23,28H,1H3,(H,29,31)/t22-,23+/m0/s1. The average molecular weight is 431 g/mol. The van der Waals surface area contributed by atoms with Crippen LogP contribution in [0.15, 0.2) is 72.9 Å². The molecule has 1 aromatic heterocycles. The molecule has 0 saturated heterocycles. The molecule has 2 atom stereocenters. The van der Waals surface area contributed by atoms with Crippen molar-refractivity contribution in [2.75, 3.05) is 12.4 Å². The van der Waals surface area contributed by atoms with Gasteiger partial charge >= 0.3 is 0 Å². The van der Waals surface area contributed by atoms with Crippen LogP contribution in [0.4, 0.5) is 14.5 Å². The third-order valence-electron chi connectivity index (χ3n) is 5.99. The fourth-order valence-corrected chi connectivity index (χ4v) is 4.49. The number of aromatic amines is 1. The summed E-state index contributed by atoms with van der Waals surface area (Å²) in [5.74, 6) is -3.09. The van der Waals surface area contributed by atoms with Crippen molar-refractivity contribution in [1.29, 1.82) is 0 Å². The smallest absolute Gasteiger partial charge is 0.254 e. The van der Waals surface area contributed by atoms with Gasteiger partial charge in [-0.3, -0.25) is 9.59 Å². The van der Waals surface area contributed by atoms with Crippen molar-refractivity contribution in [3.63, 3.8) is 0 Å². The molecule has 0 unspecified atom stereocenters. The Morgan fingerprint density at radius 3 is 2.56 bits per heavy atom. The summed E-state index contributed by atoms with van der Waals surface area (Å²) in [4.78, 5) is 31.4. The second-order valence-electron chi connectivity index (χ2n) is 7.83. The SMILES string of the molecule is CN1C(=O)c2ccccc2[C@H](C(=O)Nc2ccc(F)cc2F)[C@H]1c1c[nH]c2ccccc12. The Labute approximate surface area is 182 Å². The normalized spacial score (nSPS) is 18.0. The summed E-state index contributed by atoms with van der Waals surface area (Å²) in [6.07, 6.45) is 1.80. The number of hydrogen-bond donors (Lipinski definition) is 2. The first kappa shape index (κ1) is 19.9. The van der Waals surface area contributed by atoms with E-state index >= 15 is 0 Å².